The lowest BCUT2D eigenvalue weighted by Gasteiger charge is -2.32. The van der Waals surface area contributed by atoms with Crippen LogP contribution in [0.2, 0.25) is 0 Å². The molecule has 0 amide bonds. The maximum absolute atomic E-state index is 13.1. The summed E-state index contributed by atoms with van der Waals surface area (Å²) >= 11 is 0. The third-order valence-corrected chi connectivity index (χ3v) is 7.23. The minimum Gasteiger partial charge on any atom is -0.481 e. The molecule has 0 aromatic heterocycles. The van der Waals surface area contributed by atoms with E-state index in [1.807, 2.05) is 0 Å². The van der Waals surface area contributed by atoms with E-state index in [1.54, 1.807) is 19.1 Å². The van der Waals surface area contributed by atoms with Crippen molar-refractivity contribution in [1.82, 2.24) is 4.31 Å². The maximum atomic E-state index is 13.1. The van der Waals surface area contributed by atoms with Gasteiger partial charge in [-0.25, -0.2) is 8.42 Å². The lowest BCUT2D eigenvalue weighted by atomic mass is 9.90. The Morgan fingerprint density at radius 1 is 1.20 bits per heavy atom. The average Bonchev–Trinajstić information content (AvgIpc) is 2.69. The molecule has 1 atom stereocenters. The van der Waals surface area contributed by atoms with Crippen LogP contribution in [0.4, 0.5) is 13.2 Å². The normalized spacial score (nSPS) is 18.3. The number of benzene rings is 2. The minimum absolute atomic E-state index is 0.00552. The van der Waals surface area contributed by atoms with Gasteiger partial charge in [-0.3, -0.25) is 4.79 Å². The number of alkyl halides is 3. The average molecular weight is 441 g/mol. The van der Waals surface area contributed by atoms with Gasteiger partial charge in [0, 0.05) is 13.1 Å². The van der Waals surface area contributed by atoms with E-state index in [1.165, 1.54) is 22.5 Å². The molecule has 1 saturated heterocycles. The predicted molar refractivity (Wildman–Crippen MR) is 105 cm³/mol. The third-order valence-electron chi connectivity index (χ3n) is 5.37. The number of piperidine rings is 1. The van der Waals surface area contributed by atoms with Gasteiger partial charge in [0.15, 0.2) is 0 Å². The SMILES string of the molecule is Cc1ccc(S(=O)(=O)N2CCCC(c3cccc(C(F)(F)F)c3)C2)cc1CC(=O)O. The molecule has 1 heterocycles. The van der Waals surface area contributed by atoms with E-state index in [9.17, 15) is 26.4 Å². The van der Waals surface area contributed by atoms with Crippen LogP contribution in [-0.4, -0.2) is 36.9 Å². The highest BCUT2D eigenvalue weighted by molar-refractivity contribution is 7.89. The number of carbonyl (C=O) groups is 1. The second-order valence-electron chi connectivity index (χ2n) is 7.48. The summed E-state index contributed by atoms with van der Waals surface area (Å²) in [7, 11) is -3.90. The second kappa shape index (κ2) is 8.39. The highest BCUT2D eigenvalue weighted by Crippen LogP contribution is 2.35. The van der Waals surface area contributed by atoms with Crippen molar-refractivity contribution >= 4 is 16.0 Å². The van der Waals surface area contributed by atoms with Crippen molar-refractivity contribution < 1.29 is 31.5 Å². The van der Waals surface area contributed by atoms with Gasteiger partial charge in [0.1, 0.15) is 0 Å². The quantitative estimate of drug-likeness (QED) is 0.754. The fourth-order valence-electron chi connectivity index (χ4n) is 3.71. The number of sulfonamides is 1. The first-order valence-corrected chi connectivity index (χ1v) is 10.9. The first-order chi connectivity index (χ1) is 14.0. The molecule has 0 bridgehead atoms. The Balaban J connectivity index is 1.87. The molecular weight excluding hydrogens is 419 g/mol. The van der Waals surface area contributed by atoms with Crippen molar-refractivity contribution in [3.05, 3.63) is 64.7 Å². The molecule has 2 aromatic rings. The molecule has 0 aliphatic carbocycles. The number of hydrogen-bond donors (Lipinski definition) is 1. The monoisotopic (exact) mass is 441 g/mol. The predicted octanol–water partition coefficient (Wildman–Crippen LogP) is 4.21. The van der Waals surface area contributed by atoms with Crippen molar-refractivity contribution in [1.29, 1.82) is 0 Å². The Kier molecular flexibility index (Phi) is 6.24. The van der Waals surface area contributed by atoms with Crippen LogP contribution in [0.15, 0.2) is 47.4 Å². The van der Waals surface area contributed by atoms with E-state index in [0.717, 1.165) is 12.1 Å². The van der Waals surface area contributed by atoms with Gasteiger partial charge in [-0.05, 0) is 60.6 Å². The standard InChI is InChI=1S/C21H22F3NO4S/c1-14-7-8-19(11-17(14)12-20(26)27)30(28,29)25-9-3-5-16(13-25)15-4-2-6-18(10-15)21(22,23)24/h2,4,6-8,10-11,16H,3,5,9,12-13H2,1H3,(H,26,27). The summed E-state index contributed by atoms with van der Waals surface area (Å²) in [6, 6.07) is 9.38. The van der Waals surface area contributed by atoms with E-state index in [2.05, 4.69) is 0 Å². The van der Waals surface area contributed by atoms with E-state index in [-0.39, 0.29) is 30.3 Å². The molecule has 0 spiro atoms. The summed E-state index contributed by atoms with van der Waals surface area (Å²) < 4.78 is 66.7. The summed E-state index contributed by atoms with van der Waals surface area (Å²) in [5.74, 6) is -1.41. The van der Waals surface area contributed by atoms with Crippen molar-refractivity contribution in [2.75, 3.05) is 13.1 Å². The summed E-state index contributed by atoms with van der Waals surface area (Å²) in [6.45, 7) is 2.05. The zero-order valence-corrected chi connectivity index (χ0v) is 17.1. The zero-order valence-electron chi connectivity index (χ0n) is 16.3. The number of halogens is 3. The number of aliphatic carboxylic acids is 1. The van der Waals surface area contributed by atoms with Crippen LogP contribution in [-0.2, 0) is 27.4 Å². The van der Waals surface area contributed by atoms with E-state index in [4.69, 9.17) is 5.11 Å². The summed E-state index contributed by atoms with van der Waals surface area (Å²) in [4.78, 5) is 11.0. The second-order valence-corrected chi connectivity index (χ2v) is 9.42. The third kappa shape index (κ3) is 4.84. The molecule has 30 heavy (non-hydrogen) atoms. The Labute approximate surface area is 173 Å². The van der Waals surface area contributed by atoms with Crippen LogP contribution in [0.1, 0.15) is 41.0 Å². The number of rotatable bonds is 5. The topological polar surface area (TPSA) is 74.7 Å². The highest BCUT2D eigenvalue weighted by atomic mass is 32.2. The fourth-order valence-corrected chi connectivity index (χ4v) is 5.29. The molecule has 1 aliphatic heterocycles. The smallest absolute Gasteiger partial charge is 0.416 e. The molecule has 5 nitrogen and oxygen atoms in total. The van der Waals surface area contributed by atoms with Gasteiger partial charge < -0.3 is 5.11 Å². The molecule has 1 unspecified atom stereocenters. The maximum Gasteiger partial charge on any atom is 0.416 e. The van der Waals surface area contributed by atoms with E-state index < -0.39 is 27.7 Å². The van der Waals surface area contributed by atoms with Gasteiger partial charge in [-0.1, -0.05) is 24.3 Å². The molecule has 0 radical (unpaired) electrons. The van der Waals surface area contributed by atoms with Gasteiger partial charge in [0.2, 0.25) is 10.0 Å². The van der Waals surface area contributed by atoms with Crippen LogP contribution in [0.25, 0.3) is 0 Å². The Morgan fingerprint density at radius 2 is 1.93 bits per heavy atom. The first kappa shape index (κ1) is 22.3. The van der Waals surface area contributed by atoms with Crippen LogP contribution in [0, 0.1) is 6.92 Å². The molecular formula is C21H22F3NO4S. The molecule has 1 N–H and O–H groups in total. The first-order valence-electron chi connectivity index (χ1n) is 9.47. The molecule has 1 aliphatic rings. The van der Waals surface area contributed by atoms with E-state index in [0.29, 0.717) is 29.5 Å². The van der Waals surface area contributed by atoms with Crippen LogP contribution in [0.5, 0.6) is 0 Å². The Hall–Kier alpha value is -2.39. The van der Waals surface area contributed by atoms with Crippen LogP contribution >= 0.6 is 0 Å². The number of aryl methyl sites for hydroxylation is 1. The largest absolute Gasteiger partial charge is 0.481 e. The van der Waals surface area contributed by atoms with E-state index >= 15 is 0 Å². The van der Waals surface area contributed by atoms with Crippen molar-refractivity contribution in [2.24, 2.45) is 0 Å². The van der Waals surface area contributed by atoms with Crippen LogP contribution in [0.3, 0.4) is 0 Å². The summed E-state index contributed by atoms with van der Waals surface area (Å²) in [5, 5.41) is 9.03. The fraction of sp³-hybridized carbons (Fsp3) is 0.381. The lowest BCUT2D eigenvalue weighted by Crippen LogP contribution is -2.39. The van der Waals surface area contributed by atoms with Gasteiger partial charge in [-0.2, -0.15) is 17.5 Å². The molecule has 0 saturated carbocycles. The summed E-state index contributed by atoms with van der Waals surface area (Å²) in [6.07, 6.45) is -3.64. The molecule has 162 valence electrons. The molecule has 2 aromatic carbocycles. The Morgan fingerprint density at radius 3 is 2.60 bits per heavy atom. The zero-order chi connectivity index (χ0) is 22.1. The van der Waals surface area contributed by atoms with Gasteiger partial charge in [-0.15, -0.1) is 0 Å². The van der Waals surface area contributed by atoms with Crippen molar-refractivity contribution in [3.8, 4) is 0 Å². The molecule has 1 fully saturated rings. The van der Waals surface area contributed by atoms with Gasteiger partial charge in [0.05, 0.1) is 16.9 Å². The lowest BCUT2D eigenvalue weighted by molar-refractivity contribution is -0.138. The number of hydrogen-bond acceptors (Lipinski definition) is 3. The van der Waals surface area contributed by atoms with Gasteiger partial charge >= 0.3 is 12.1 Å². The number of nitrogens with zero attached hydrogens (tertiary/aromatic N) is 1. The van der Waals surface area contributed by atoms with Crippen molar-refractivity contribution in [2.45, 2.75) is 43.2 Å². The minimum atomic E-state index is -4.46. The Bertz CT molecular complexity index is 1050. The van der Waals surface area contributed by atoms with Crippen LogP contribution < -0.4 is 0 Å². The van der Waals surface area contributed by atoms with Crippen molar-refractivity contribution in [3.63, 3.8) is 0 Å². The molecule has 3 rings (SSSR count). The number of carboxylic acid groups (broad SMARTS) is 1. The molecule has 9 heteroatoms. The summed E-state index contributed by atoms with van der Waals surface area (Å²) in [5.41, 5.74) is 0.795. The number of carboxylic acids is 1. The van der Waals surface area contributed by atoms with Gasteiger partial charge in [0.25, 0.3) is 0 Å². The highest BCUT2D eigenvalue weighted by Gasteiger charge is 2.34.